The van der Waals surface area contributed by atoms with Crippen molar-refractivity contribution in [1.82, 2.24) is 0 Å². The van der Waals surface area contributed by atoms with E-state index in [4.69, 9.17) is 4.74 Å². The van der Waals surface area contributed by atoms with Gasteiger partial charge in [0.1, 0.15) is 0 Å². The molecule has 0 aliphatic heterocycles. The van der Waals surface area contributed by atoms with Gasteiger partial charge in [-0.1, -0.05) is 84.5 Å². The molecule has 126 valence electrons. The summed E-state index contributed by atoms with van der Waals surface area (Å²) in [5, 5.41) is 0. The fourth-order valence-electron chi connectivity index (χ4n) is 2.80. The summed E-state index contributed by atoms with van der Waals surface area (Å²) in [7, 11) is 0. The molecule has 0 aromatic carbocycles. The molecule has 0 bridgehead atoms. The molecule has 0 rings (SSSR count). The third-order valence-electron chi connectivity index (χ3n) is 4.20. The van der Waals surface area contributed by atoms with E-state index in [-0.39, 0.29) is 5.97 Å². The van der Waals surface area contributed by atoms with Crippen molar-refractivity contribution in [3.05, 3.63) is 0 Å². The molecule has 0 fully saturated rings. The highest BCUT2D eigenvalue weighted by Gasteiger charge is 2.10. The van der Waals surface area contributed by atoms with Crippen LogP contribution in [0.25, 0.3) is 0 Å². The number of hydrogen-bond donors (Lipinski definition) is 0. The number of unbranched alkanes of at least 4 members (excludes halogenated alkanes) is 9. The number of carbonyl (C=O) groups excluding carboxylic acids is 1. The maximum Gasteiger partial charge on any atom is 0.302 e. The molecule has 0 N–H and O–H groups in total. The van der Waals surface area contributed by atoms with Crippen molar-refractivity contribution < 1.29 is 9.53 Å². The van der Waals surface area contributed by atoms with Gasteiger partial charge in [0, 0.05) is 6.92 Å². The molecule has 1 atom stereocenters. The fourth-order valence-corrected chi connectivity index (χ4v) is 2.80. The predicted octanol–water partition coefficient (Wildman–Crippen LogP) is 6.28. The minimum atomic E-state index is -0.133. The second kappa shape index (κ2) is 15.9. The van der Waals surface area contributed by atoms with Gasteiger partial charge in [-0.25, -0.2) is 0 Å². The Morgan fingerprint density at radius 3 is 1.71 bits per heavy atom. The van der Waals surface area contributed by atoms with Gasteiger partial charge < -0.3 is 4.74 Å². The second-order valence-corrected chi connectivity index (χ2v) is 6.43. The molecule has 21 heavy (non-hydrogen) atoms. The Kier molecular flexibility index (Phi) is 15.5. The van der Waals surface area contributed by atoms with E-state index in [0.29, 0.717) is 12.5 Å². The van der Waals surface area contributed by atoms with Gasteiger partial charge in [0.15, 0.2) is 0 Å². The van der Waals surface area contributed by atoms with Crippen molar-refractivity contribution in [3.8, 4) is 0 Å². The smallest absolute Gasteiger partial charge is 0.302 e. The van der Waals surface area contributed by atoms with E-state index in [2.05, 4.69) is 13.8 Å². The first kappa shape index (κ1) is 20.5. The number of rotatable bonds is 15. The third kappa shape index (κ3) is 15.7. The van der Waals surface area contributed by atoms with E-state index in [1.807, 2.05) is 0 Å². The monoisotopic (exact) mass is 298 g/mol. The molecule has 2 nitrogen and oxygen atoms in total. The van der Waals surface area contributed by atoms with Gasteiger partial charge >= 0.3 is 5.97 Å². The quantitative estimate of drug-likeness (QED) is 0.263. The summed E-state index contributed by atoms with van der Waals surface area (Å²) in [6, 6.07) is 0. The number of carbonyl (C=O) groups is 1. The average molecular weight is 299 g/mol. The maximum atomic E-state index is 11.0. The van der Waals surface area contributed by atoms with Crippen molar-refractivity contribution in [3.63, 3.8) is 0 Å². The lowest BCUT2D eigenvalue weighted by molar-refractivity contribution is -0.142. The fraction of sp³-hybridized carbons (Fsp3) is 0.947. The maximum absolute atomic E-state index is 11.0. The summed E-state index contributed by atoms with van der Waals surface area (Å²) in [4.78, 5) is 11.0. The highest BCUT2D eigenvalue weighted by molar-refractivity contribution is 5.65. The van der Waals surface area contributed by atoms with E-state index in [0.717, 1.165) is 0 Å². The molecular weight excluding hydrogens is 260 g/mol. The van der Waals surface area contributed by atoms with Gasteiger partial charge in [0.05, 0.1) is 6.61 Å². The molecule has 0 aliphatic carbocycles. The van der Waals surface area contributed by atoms with Crippen LogP contribution in [0.3, 0.4) is 0 Å². The van der Waals surface area contributed by atoms with Crippen LogP contribution in [0.4, 0.5) is 0 Å². The molecule has 0 radical (unpaired) electrons. The summed E-state index contributed by atoms with van der Waals surface area (Å²) in [5.74, 6) is 0.451. The largest absolute Gasteiger partial charge is 0.466 e. The highest BCUT2D eigenvalue weighted by atomic mass is 16.5. The molecule has 0 spiro atoms. The van der Waals surface area contributed by atoms with E-state index in [1.165, 1.54) is 90.4 Å². The van der Waals surface area contributed by atoms with E-state index in [9.17, 15) is 4.79 Å². The Morgan fingerprint density at radius 2 is 1.19 bits per heavy atom. The molecule has 0 amide bonds. The van der Waals surface area contributed by atoms with Crippen molar-refractivity contribution in [2.24, 2.45) is 5.92 Å². The predicted molar refractivity (Wildman–Crippen MR) is 91.5 cm³/mol. The van der Waals surface area contributed by atoms with Gasteiger partial charge in [-0.05, 0) is 18.8 Å². The Morgan fingerprint density at radius 1 is 0.762 bits per heavy atom. The van der Waals surface area contributed by atoms with Crippen LogP contribution in [0.5, 0.6) is 0 Å². The van der Waals surface area contributed by atoms with Crippen LogP contribution in [0.1, 0.15) is 104 Å². The van der Waals surface area contributed by atoms with Crippen LogP contribution in [0.15, 0.2) is 0 Å². The molecule has 0 saturated carbocycles. The van der Waals surface area contributed by atoms with Crippen molar-refractivity contribution in [2.75, 3.05) is 6.61 Å². The second-order valence-electron chi connectivity index (χ2n) is 6.43. The van der Waals surface area contributed by atoms with Crippen LogP contribution < -0.4 is 0 Å². The van der Waals surface area contributed by atoms with E-state index < -0.39 is 0 Å². The van der Waals surface area contributed by atoms with Gasteiger partial charge in [0.25, 0.3) is 0 Å². The number of hydrogen-bond acceptors (Lipinski definition) is 2. The lowest BCUT2D eigenvalue weighted by Crippen LogP contribution is -2.12. The summed E-state index contributed by atoms with van der Waals surface area (Å²) in [6.45, 7) is 6.65. The zero-order valence-electron chi connectivity index (χ0n) is 14.8. The van der Waals surface area contributed by atoms with E-state index in [1.54, 1.807) is 0 Å². The average Bonchev–Trinajstić information content (AvgIpc) is 2.46. The Labute approximate surface area is 133 Å². The minimum Gasteiger partial charge on any atom is -0.466 e. The molecule has 2 heteroatoms. The zero-order chi connectivity index (χ0) is 15.8. The summed E-state index contributed by atoms with van der Waals surface area (Å²) in [5.41, 5.74) is 0. The van der Waals surface area contributed by atoms with E-state index >= 15 is 0 Å². The normalized spacial score (nSPS) is 12.3. The van der Waals surface area contributed by atoms with Gasteiger partial charge in [-0.15, -0.1) is 0 Å². The Hall–Kier alpha value is -0.530. The minimum absolute atomic E-state index is 0.133. The molecule has 0 aromatic rings. The summed E-state index contributed by atoms with van der Waals surface area (Å²) in [6.07, 6.45) is 17.2. The number of ether oxygens (including phenoxy) is 1. The van der Waals surface area contributed by atoms with Crippen LogP contribution in [-0.2, 0) is 9.53 Å². The van der Waals surface area contributed by atoms with Crippen LogP contribution in [0, 0.1) is 5.92 Å². The van der Waals surface area contributed by atoms with Crippen molar-refractivity contribution in [1.29, 1.82) is 0 Å². The first-order chi connectivity index (χ1) is 10.2. The lowest BCUT2D eigenvalue weighted by Gasteiger charge is -2.16. The molecule has 0 heterocycles. The molecule has 0 saturated heterocycles. The van der Waals surface area contributed by atoms with Gasteiger partial charge in [-0.3, -0.25) is 4.79 Å². The van der Waals surface area contributed by atoms with Crippen LogP contribution in [0.2, 0.25) is 0 Å². The number of esters is 1. The Balaban J connectivity index is 3.61. The SMILES string of the molecule is CCCCCCCCCCC(CCCCC)COC(C)=O. The van der Waals surface area contributed by atoms with Gasteiger partial charge in [-0.2, -0.15) is 0 Å². The summed E-state index contributed by atoms with van der Waals surface area (Å²) < 4.78 is 5.22. The van der Waals surface area contributed by atoms with Gasteiger partial charge in [0.2, 0.25) is 0 Å². The standard InChI is InChI=1S/C19H38O2/c1-4-6-8-9-10-11-12-14-16-19(15-13-7-5-2)17-21-18(3)20/h19H,4-17H2,1-3H3. The summed E-state index contributed by atoms with van der Waals surface area (Å²) >= 11 is 0. The Bertz CT molecular complexity index is 226. The zero-order valence-corrected chi connectivity index (χ0v) is 14.8. The van der Waals surface area contributed by atoms with Crippen molar-refractivity contribution in [2.45, 2.75) is 104 Å². The lowest BCUT2D eigenvalue weighted by atomic mass is 9.95. The van der Waals surface area contributed by atoms with Crippen LogP contribution >= 0.6 is 0 Å². The van der Waals surface area contributed by atoms with Crippen LogP contribution in [-0.4, -0.2) is 12.6 Å². The topological polar surface area (TPSA) is 26.3 Å². The first-order valence-electron chi connectivity index (χ1n) is 9.34. The molecule has 0 aromatic heterocycles. The highest BCUT2D eigenvalue weighted by Crippen LogP contribution is 2.19. The molecule has 0 aliphatic rings. The third-order valence-corrected chi connectivity index (χ3v) is 4.20. The first-order valence-corrected chi connectivity index (χ1v) is 9.34. The molecular formula is C19H38O2. The molecule has 1 unspecified atom stereocenters. The van der Waals surface area contributed by atoms with Crippen molar-refractivity contribution >= 4 is 5.97 Å².